The number of halogens is 4. The fourth-order valence-corrected chi connectivity index (χ4v) is 1.91. The molecule has 0 aliphatic rings. The van der Waals surface area contributed by atoms with Crippen LogP contribution in [-0.4, -0.2) is 46.9 Å². The molecule has 6 nitrogen and oxygen atoms in total. The van der Waals surface area contributed by atoms with Crippen LogP contribution in [0.5, 0.6) is 0 Å². The van der Waals surface area contributed by atoms with Crippen molar-refractivity contribution < 1.29 is 9.59 Å². The van der Waals surface area contributed by atoms with Crippen molar-refractivity contribution in [2.24, 2.45) is 0 Å². The molecule has 4 N–H and O–H groups in total. The number of hydrogen-bond donors (Lipinski definition) is 4. The third kappa shape index (κ3) is 9.85. The van der Waals surface area contributed by atoms with Gasteiger partial charge in [-0.3, -0.25) is 20.2 Å². The molecule has 0 bridgehead atoms. The quantitative estimate of drug-likeness (QED) is 0.274. The highest BCUT2D eigenvalue weighted by molar-refractivity contribution is 6.45. The number of hydrogen-bond acceptors (Lipinski definition) is 4. The molecular weight excluding hydrogens is 350 g/mol. The second-order valence-electron chi connectivity index (χ2n) is 3.93. The lowest BCUT2D eigenvalue weighted by atomic mass is 10.4. The maximum Gasteiger partial charge on any atom is 0.218 e. The first-order valence-electron chi connectivity index (χ1n) is 5.81. The lowest BCUT2D eigenvalue weighted by Crippen LogP contribution is -2.53. The van der Waals surface area contributed by atoms with Crippen LogP contribution in [0.4, 0.5) is 0 Å². The third-order valence-electron chi connectivity index (χ3n) is 2.07. The van der Waals surface area contributed by atoms with Gasteiger partial charge in [0.2, 0.25) is 11.8 Å². The lowest BCUT2D eigenvalue weighted by Gasteiger charge is -2.23. The maximum atomic E-state index is 10.9. The zero-order valence-electron chi connectivity index (χ0n) is 11.1. The molecule has 0 saturated heterocycles. The standard InChI is InChI=1S/C10H18Cl4N4O2/c1-5(19)17-9(7(11)12)15-3-4-16-10(8(13)14)18-6(2)20/h7-10,15-16H,3-4H2,1-2H3,(H,17,19)(H,18,20). The highest BCUT2D eigenvalue weighted by Gasteiger charge is 2.19. The number of nitrogens with one attached hydrogen (secondary N) is 4. The average molecular weight is 368 g/mol. The minimum Gasteiger partial charge on any atom is -0.338 e. The lowest BCUT2D eigenvalue weighted by molar-refractivity contribution is -0.120. The largest absolute Gasteiger partial charge is 0.338 e. The van der Waals surface area contributed by atoms with Gasteiger partial charge >= 0.3 is 0 Å². The van der Waals surface area contributed by atoms with Gasteiger partial charge in [-0.15, -0.1) is 46.4 Å². The molecule has 0 fully saturated rings. The Balaban J connectivity index is 4.07. The van der Waals surface area contributed by atoms with Crippen LogP contribution in [-0.2, 0) is 9.59 Å². The highest BCUT2D eigenvalue weighted by Crippen LogP contribution is 2.06. The number of amides is 2. The van der Waals surface area contributed by atoms with E-state index in [2.05, 4.69) is 21.3 Å². The van der Waals surface area contributed by atoms with Gasteiger partial charge in [0.1, 0.15) is 22.0 Å². The van der Waals surface area contributed by atoms with Crippen LogP contribution in [0.2, 0.25) is 0 Å². The van der Waals surface area contributed by atoms with Crippen LogP contribution < -0.4 is 21.3 Å². The summed E-state index contributed by atoms with van der Waals surface area (Å²) in [6.45, 7) is 3.58. The van der Waals surface area contributed by atoms with Gasteiger partial charge in [0, 0.05) is 26.9 Å². The monoisotopic (exact) mass is 366 g/mol. The first kappa shape index (κ1) is 20.0. The Hall–Kier alpha value is 0.0200. The topological polar surface area (TPSA) is 82.3 Å². The maximum absolute atomic E-state index is 10.9. The molecule has 2 amide bonds. The Bertz CT molecular complexity index is 288. The predicted molar refractivity (Wildman–Crippen MR) is 82.2 cm³/mol. The van der Waals surface area contributed by atoms with Crippen LogP contribution in [0.3, 0.4) is 0 Å². The zero-order chi connectivity index (χ0) is 15.7. The van der Waals surface area contributed by atoms with Crippen LogP contribution in [0.25, 0.3) is 0 Å². The summed E-state index contributed by atoms with van der Waals surface area (Å²) in [7, 11) is 0. The van der Waals surface area contributed by atoms with Gasteiger partial charge in [-0.25, -0.2) is 0 Å². The minimum absolute atomic E-state index is 0.250. The SMILES string of the molecule is CC(=O)NC(NCCNC(NC(C)=O)C(Cl)Cl)C(Cl)Cl. The van der Waals surface area contributed by atoms with Crippen molar-refractivity contribution in [2.45, 2.75) is 35.9 Å². The molecule has 0 radical (unpaired) electrons. The second-order valence-corrected chi connectivity index (χ2v) is 6.26. The Morgan fingerprint density at radius 2 is 1.10 bits per heavy atom. The smallest absolute Gasteiger partial charge is 0.218 e. The predicted octanol–water partition coefficient (Wildman–Crippen LogP) is 0.697. The van der Waals surface area contributed by atoms with E-state index in [1.54, 1.807) is 0 Å². The van der Waals surface area contributed by atoms with E-state index in [4.69, 9.17) is 46.4 Å². The molecule has 0 spiro atoms. The number of alkyl halides is 4. The van der Waals surface area contributed by atoms with E-state index >= 15 is 0 Å². The van der Waals surface area contributed by atoms with Crippen molar-refractivity contribution in [3.63, 3.8) is 0 Å². The van der Waals surface area contributed by atoms with Gasteiger partial charge in [-0.05, 0) is 0 Å². The molecular formula is C10H18Cl4N4O2. The molecule has 10 heteroatoms. The van der Waals surface area contributed by atoms with Crippen LogP contribution >= 0.6 is 46.4 Å². The van der Waals surface area contributed by atoms with Crippen molar-refractivity contribution >= 4 is 58.2 Å². The molecule has 0 aromatic carbocycles. The van der Waals surface area contributed by atoms with E-state index < -0.39 is 22.0 Å². The summed E-state index contributed by atoms with van der Waals surface area (Å²) in [5.41, 5.74) is 0. The molecule has 118 valence electrons. The number of carbonyl (C=O) groups excluding carboxylic acids is 2. The minimum atomic E-state index is -0.793. The van der Waals surface area contributed by atoms with Crippen molar-refractivity contribution in [2.75, 3.05) is 13.1 Å². The summed E-state index contributed by atoms with van der Waals surface area (Å²) >= 11 is 22.9. The van der Waals surface area contributed by atoms with E-state index in [1.807, 2.05) is 0 Å². The van der Waals surface area contributed by atoms with E-state index in [0.29, 0.717) is 13.1 Å². The fraction of sp³-hybridized carbons (Fsp3) is 0.800. The number of carbonyl (C=O) groups is 2. The molecule has 0 aromatic heterocycles. The zero-order valence-corrected chi connectivity index (χ0v) is 14.1. The van der Waals surface area contributed by atoms with E-state index in [-0.39, 0.29) is 11.8 Å². The number of rotatable bonds is 9. The Labute approximate surface area is 138 Å². The molecule has 0 aromatic rings. The second kappa shape index (κ2) is 10.7. The molecule has 2 unspecified atom stereocenters. The van der Waals surface area contributed by atoms with Gasteiger partial charge in [-0.1, -0.05) is 0 Å². The summed E-state index contributed by atoms with van der Waals surface area (Å²) in [6, 6.07) is 0. The fourth-order valence-electron chi connectivity index (χ4n) is 1.30. The summed E-state index contributed by atoms with van der Waals surface area (Å²) in [6.07, 6.45) is -1.14. The Morgan fingerprint density at radius 1 is 0.800 bits per heavy atom. The van der Waals surface area contributed by atoms with Crippen molar-refractivity contribution in [3.8, 4) is 0 Å². The van der Waals surface area contributed by atoms with Gasteiger partial charge in [0.25, 0.3) is 0 Å². The van der Waals surface area contributed by atoms with Crippen LogP contribution in [0.15, 0.2) is 0 Å². The average Bonchev–Trinajstić information content (AvgIpc) is 2.29. The van der Waals surface area contributed by atoms with Crippen molar-refractivity contribution in [1.82, 2.24) is 21.3 Å². The molecule has 0 rings (SSSR count). The summed E-state index contributed by atoms with van der Waals surface area (Å²) in [5, 5.41) is 11.0. The van der Waals surface area contributed by atoms with Gasteiger partial charge in [0.05, 0.1) is 0 Å². The Morgan fingerprint density at radius 3 is 1.30 bits per heavy atom. The first-order chi connectivity index (χ1) is 9.23. The third-order valence-corrected chi connectivity index (χ3v) is 3.08. The molecule has 2 atom stereocenters. The first-order valence-corrected chi connectivity index (χ1v) is 7.56. The summed E-state index contributed by atoms with van der Waals surface area (Å²) < 4.78 is 0. The van der Waals surface area contributed by atoms with E-state index in [0.717, 1.165) is 0 Å². The Kier molecular flexibility index (Phi) is 10.7. The summed E-state index contributed by atoms with van der Waals surface area (Å²) in [5.74, 6) is -0.501. The normalized spacial score (nSPS) is 14.2. The molecule has 0 saturated carbocycles. The highest BCUT2D eigenvalue weighted by atomic mass is 35.5. The molecule has 20 heavy (non-hydrogen) atoms. The van der Waals surface area contributed by atoms with Gasteiger partial charge < -0.3 is 10.6 Å². The molecule has 0 heterocycles. The van der Waals surface area contributed by atoms with E-state index in [1.165, 1.54) is 13.8 Å². The van der Waals surface area contributed by atoms with Crippen molar-refractivity contribution in [3.05, 3.63) is 0 Å². The van der Waals surface area contributed by atoms with E-state index in [9.17, 15) is 9.59 Å². The van der Waals surface area contributed by atoms with Crippen molar-refractivity contribution in [1.29, 1.82) is 0 Å². The summed E-state index contributed by atoms with van der Waals surface area (Å²) in [4.78, 5) is 20.3. The van der Waals surface area contributed by atoms with Gasteiger partial charge in [-0.2, -0.15) is 0 Å². The molecule has 0 aliphatic carbocycles. The van der Waals surface area contributed by atoms with Gasteiger partial charge in [0.15, 0.2) is 0 Å². The van der Waals surface area contributed by atoms with Crippen LogP contribution in [0, 0.1) is 0 Å². The van der Waals surface area contributed by atoms with Crippen LogP contribution in [0.1, 0.15) is 13.8 Å². The molecule has 0 aliphatic heterocycles.